The van der Waals surface area contributed by atoms with E-state index in [2.05, 4.69) is 31.3 Å². The average Bonchev–Trinajstić information content (AvgIpc) is 2.32. The summed E-state index contributed by atoms with van der Waals surface area (Å²) < 4.78 is 5.36. The molecule has 0 aromatic heterocycles. The molecule has 3 heteroatoms. The lowest BCUT2D eigenvalue weighted by molar-refractivity contribution is 0.0422. The van der Waals surface area contributed by atoms with Crippen LogP contribution in [0, 0.1) is 6.92 Å². The third-order valence-corrected chi connectivity index (χ3v) is 2.51. The molecule has 0 aliphatic rings. The second-order valence-corrected chi connectivity index (χ2v) is 4.33. The van der Waals surface area contributed by atoms with Crippen LogP contribution in [0.3, 0.4) is 0 Å². The van der Waals surface area contributed by atoms with Crippen LogP contribution in [0.4, 0.5) is 5.69 Å². The van der Waals surface area contributed by atoms with E-state index in [4.69, 9.17) is 4.74 Å². The molecule has 0 saturated heterocycles. The van der Waals surface area contributed by atoms with Gasteiger partial charge in [0.25, 0.3) is 0 Å². The van der Waals surface area contributed by atoms with Crippen LogP contribution >= 0.6 is 0 Å². The van der Waals surface area contributed by atoms with E-state index in [9.17, 15) is 5.11 Å². The molecule has 3 nitrogen and oxygen atoms in total. The highest BCUT2D eigenvalue weighted by atomic mass is 16.5. The molecule has 0 amide bonds. The Bertz CT molecular complexity index is 315. The lowest BCUT2D eigenvalue weighted by atomic mass is 10.2. The van der Waals surface area contributed by atoms with Gasteiger partial charge in [-0.25, -0.2) is 0 Å². The zero-order valence-corrected chi connectivity index (χ0v) is 10.8. The fraction of sp³-hybridized carbons (Fsp3) is 0.571. The van der Waals surface area contributed by atoms with E-state index < -0.39 is 6.10 Å². The predicted molar refractivity (Wildman–Crippen MR) is 71.4 cm³/mol. The number of aryl methyl sites for hydroxylation is 1. The van der Waals surface area contributed by atoms with E-state index in [1.807, 2.05) is 12.1 Å². The highest BCUT2D eigenvalue weighted by Gasteiger charge is 2.03. The molecule has 0 saturated carbocycles. The lowest BCUT2D eigenvalue weighted by Gasteiger charge is -2.13. The number of benzene rings is 1. The quantitative estimate of drug-likeness (QED) is 0.683. The Morgan fingerprint density at radius 1 is 1.41 bits per heavy atom. The number of nitrogens with one attached hydrogen (secondary N) is 1. The summed E-state index contributed by atoms with van der Waals surface area (Å²) in [6, 6.07) is 8.11. The van der Waals surface area contributed by atoms with Crippen LogP contribution in [0.25, 0.3) is 0 Å². The molecule has 0 fully saturated rings. The first kappa shape index (κ1) is 14.0. The van der Waals surface area contributed by atoms with Crippen LogP contribution in [0.15, 0.2) is 24.3 Å². The van der Waals surface area contributed by atoms with Gasteiger partial charge in [0.05, 0.1) is 12.7 Å². The summed E-state index contributed by atoms with van der Waals surface area (Å²) in [5.74, 6) is 0. The summed E-state index contributed by atoms with van der Waals surface area (Å²) in [5, 5.41) is 12.9. The van der Waals surface area contributed by atoms with Gasteiger partial charge >= 0.3 is 0 Å². The SMILES string of the molecule is CCCCOCC(O)CNc1cccc(C)c1. The van der Waals surface area contributed by atoms with E-state index >= 15 is 0 Å². The van der Waals surface area contributed by atoms with Crippen molar-refractivity contribution in [3.8, 4) is 0 Å². The van der Waals surface area contributed by atoms with Gasteiger partial charge in [-0.2, -0.15) is 0 Å². The summed E-state index contributed by atoms with van der Waals surface area (Å²) in [5.41, 5.74) is 2.25. The first-order valence-electron chi connectivity index (χ1n) is 6.28. The van der Waals surface area contributed by atoms with Crippen LogP contribution < -0.4 is 5.32 Å². The van der Waals surface area contributed by atoms with Crippen molar-refractivity contribution >= 4 is 5.69 Å². The van der Waals surface area contributed by atoms with Crippen LogP contribution in [-0.4, -0.2) is 31.0 Å². The van der Waals surface area contributed by atoms with Crippen molar-refractivity contribution in [3.63, 3.8) is 0 Å². The highest BCUT2D eigenvalue weighted by molar-refractivity contribution is 5.45. The fourth-order valence-electron chi connectivity index (χ4n) is 1.52. The molecule has 2 N–H and O–H groups in total. The Kier molecular flexibility index (Phi) is 6.67. The number of hydrogen-bond donors (Lipinski definition) is 2. The Labute approximate surface area is 104 Å². The van der Waals surface area contributed by atoms with E-state index in [1.165, 1.54) is 5.56 Å². The van der Waals surface area contributed by atoms with Crippen LogP contribution in [0.2, 0.25) is 0 Å². The highest BCUT2D eigenvalue weighted by Crippen LogP contribution is 2.09. The van der Waals surface area contributed by atoms with Gasteiger partial charge in [0.2, 0.25) is 0 Å². The van der Waals surface area contributed by atoms with E-state index in [-0.39, 0.29) is 0 Å². The van der Waals surface area contributed by atoms with Crippen molar-refractivity contribution in [1.82, 2.24) is 0 Å². The molecule has 1 unspecified atom stereocenters. The minimum Gasteiger partial charge on any atom is -0.389 e. The maximum atomic E-state index is 9.69. The molecule has 17 heavy (non-hydrogen) atoms. The standard InChI is InChI=1S/C14H23NO2/c1-3-4-8-17-11-14(16)10-15-13-7-5-6-12(2)9-13/h5-7,9,14-16H,3-4,8,10-11H2,1-2H3. The van der Waals surface area contributed by atoms with E-state index in [1.54, 1.807) is 0 Å². The Hall–Kier alpha value is -1.06. The number of rotatable bonds is 8. The van der Waals surface area contributed by atoms with Gasteiger partial charge in [-0.1, -0.05) is 25.5 Å². The van der Waals surface area contributed by atoms with Gasteiger partial charge in [-0.15, -0.1) is 0 Å². The van der Waals surface area contributed by atoms with Gasteiger partial charge in [-0.05, 0) is 31.0 Å². The average molecular weight is 237 g/mol. The monoisotopic (exact) mass is 237 g/mol. The van der Waals surface area contributed by atoms with Gasteiger partial charge in [0, 0.05) is 18.8 Å². The molecule has 1 aromatic rings. The van der Waals surface area contributed by atoms with Crippen LogP contribution in [-0.2, 0) is 4.74 Å². The van der Waals surface area contributed by atoms with Crippen LogP contribution in [0.5, 0.6) is 0 Å². The fourth-order valence-corrected chi connectivity index (χ4v) is 1.52. The summed E-state index contributed by atoms with van der Waals surface area (Å²) in [7, 11) is 0. The predicted octanol–water partition coefficient (Wildman–Crippen LogP) is 2.58. The molecule has 0 heterocycles. The van der Waals surface area contributed by atoms with E-state index in [0.717, 1.165) is 25.1 Å². The molecule has 0 bridgehead atoms. The lowest BCUT2D eigenvalue weighted by Crippen LogP contribution is -2.25. The molecule has 1 aromatic carbocycles. The molecule has 0 spiro atoms. The Morgan fingerprint density at radius 3 is 2.94 bits per heavy atom. The third kappa shape index (κ3) is 6.29. The minimum atomic E-state index is -0.452. The second-order valence-electron chi connectivity index (χ2n) is 4.33. The van der Waals surface area contributed by atoms with Gasteiger partial charge in [0.15, 0.2) is 0 Å². The molecule has 0 aliphatic heterocycles. The minimum absolute atomic E-state index is 0.402. The molecule has 0 radical (unpaired) electrons. The molecular weight excluding hydrogens is 214 g/mol. The number of hydrogen-bond acceptors (Lipinski definition) is 3. The second kappa shape index (κ2) is 8.09. The molecule has 1 atom stereocenters. The first-order valence-corrected chi connectivity index (χ1v) is 6.28. The van der Waals surface area contributed by atoms with Gasteiger partial charge in [0.1, 0.15) is 0 Å². The number of aliphatic hydroxyl groups is 1. The number of aliphatic hydroxyl groups excluding tert-OH is 1. The van der Waals surface area contributed by atoms with Crippen molar-refractivity contribution in [2.24, 2.45) is 0 Å². The number of anilines is 1. The van der Waals surface area contributed by atoms with E-state index in [0.29, 0.717) is 13.2 Å². The normalized spacial score (nSPS) is 12.4. The van der Waals surface area contributed by atoms with Crippen molar-refractivity contribution in [3.05, 3.63) is 29.8 Å². The molecule has 96 valence electrons. The zero-order chi connectivity index (χ0) is 12.5. The largest absolute Gasteiger partial charge is 0.389 e. The number of unbranched alkanes of at least 4 members (excludes halogenated alkanes) is 1. The summed E-state index contributed by atoms with van der Waals surface area (Å²) in [4.78, 5) is 0. The van der Waals surface area contributed by atoms with Crippen molar-refractivity contribution in [2.45, 2.75) is 32.8 Å². The number of ether oxygens (including phenoxy) is 1. The van der Waals surface area contributed by atoms with Crippen molar-refractivity contribution < 1.29 is 9.84 Å². The van der Waals surface area contributed by atoms with Crippen molar-refractivity contribution in [2.75, 3.05) is 25.1 Å². The Morgan fingerprint density at radius 2 is 2.24 bits per heavy atom. The smallest absolute Gasteiger partial charge is 0.0945 e. The van der Waals surface area contributed by atoms with Gasteiger partial charge in [-0.3, -0.25) is 0 Å². The third-order valence-electron chi connectivity index (χ3n) is 2.51. The molecule has 1 rings (SSSR count). The molecule has 0 aliphatic carbocycles. The molecular formula is C14H23NO2. The van der Waals surface area contributed by atoms with Gasteiger partial charge < -0.3 is 15.2 Å². The summed E-state index contributed by atoms with van der Waals surface area (Å²) >= 11 is 0. The topological polar surface area (TPSA) is 41.5 Å². The first-order chi connectivity index (χ1) is 8.22. The summed E-state index contributed by atoms with van der Waals surface area (Å²) in [6.07, 6.45) is 1.72. The Balaban J connectivity index is 2.17. The van der Waals surface area contributed by atoms with Crippen LogP contribution in [0.1, 0.15) is 25.3 Å². The zero-order valence-electron chi connectivity index (χ0n) is 10.8. The maximum absolute atomic E-state index is 9.69. The van der Waals surface area contributed by atoms with Crippen molar-refractivity contribution in [1.29, 1.82) is 0 Å². The maximum Gasteiger partial charge on any atom is 0.0945 e. The summed E-state index contributed by atoms with van der Waals surface area (Å²) in [6.45, 7) is 5.83.